The highest BCUT2D eigenvalue weighted by Crippen LogP contribution is 2.27. The first-order valence-electron chi connectivity index (χ1n) is 7.49. The van der Waals surface area contributed by atoms with Crippen LogP contribution in [0.5, 0.6) is 5.75 Å². The smallest absolute Gasteiger partial charge is 0.227 e. The molecule has 6 heteroatoms. The van der Waals surface area contributed by atoms with E-state index in [1.165, 1.54) is 0 Å². The van der Waals surface area contributed by atoms with Crippen LogP contribution in [0.15, 0.2) is 61.2 Å². The van der Waals surface area contributed by atoms with E-state index in [0.717, 1.165) is 33.6 Å². The Hall–Kier alpha value is -3.41. The second kappa shape index (κ2) is 6.00. The lowest BCUT2D eigenvalue weighted by Gasteiger charge is -2.07. The number of nitrogens with zero attached hydrogens (tertiary/aromatic N) is 3. The van der Waals surface area contributed by atoms with Crippen molar-refractivity contribution < 1.29 is 4.74 Å². The summed E-state index contributed by atoms with van der Waals surface area (Å²) < 4.78 is 5.23. The van der Waals surface area contributed by atoms with Crippen LogP contribution in [0.3, 0.4) is 0 Å². The molecule has 0 saturated heterocycles. The summed E-state index contributed by atoms with van der Waals surface area (Å²) in [7, 11) is 1.64. The largest absolute Gasteiger partial charge is 0.497 e. The Morgan fingerprint density at radius 3 is 3.00 bits per heavy atom. The molecule has 6 nitrogen and oxygen atoms in total. The minimum absolute atomic E-state index is 0.527. The standard InChI is InChI=1S/C18H15N5O/c1-24-13-4-2-3-12(9-13)22-18-20-8-6-17(23-18)15-11-21-16-5-7-19-10-14(15)16/h2-11,21H,1H3,(H,20,22,23). The van der Waals surface area contributed by atoms with Gasteiger partial charge in [0.1, 0.15) is 5.75 Å². The van der Waals surface area contributed by atoms with E-state index in [4.69, 9.17) is 4.74 Å². The lowest BCUT2D eigenvalue weighted by atomic mass is 10.1. The van der Waals surface area contributed by atoms with Gasteiger partial charge >= 0.3 is 0 Å². The van der Waals surface area contributed by atoms with Crippen LogP contribution in [0.2, 0.25) is 0 Å². The molecule has 0 spiro atoms. The van der Waals surface area contributed by atoms with Crippen molar-refractivity contribution in [1.82, 2.24) is 19.9 Å². The Balaban J connectivity index is 1.68. The number of anilines is 2. The highest BCUT2D eigenvalue weighted by Gasteiger charge is 2.09. The third-order valence-corrected chi connectivity index (χ3v) is 3.74. The van der Waals surface area contributed by atoms with E-state index in [9.17, 15) is 0 Å². The van der Waals surface area contributed by atoms with Crippen LogP contribution in [0, 0.1) is 0 Å². The number of hydrogen-bond acceptors (Lipinski definition) is 5. The van der Waals surface area contributed by atoms with E-state index < -0.39 is 0 Å². The molecule has 0 bridgehead atoms. The zero-order valence-corrected chi connectivity index (χ0v) is 13.0. The van der Waals surface area contributed by atoms with Crippen molar-refractivity contribution in [1.29, 1.82) is 0 Å². The maximum atomic E-state index is 5.23. The fraction of sp³-hybridized carbons (Fsp3) is 0.0556. The fourth-order valence-corrected chi connectivity index (χ4v) is 2.57. The number of aromatic nitrogens is 4. The fourth-order valence-electron chi connectivity index (χ4n) is 2.57. The number of benzene rings is 1. The molecule has 3 aromatic heterocycles. The zero-order chi connectivity index (χ0) is 16.4. The van der Waals surface area contributed by atoms with E-state index in [2.05, 4.69) is 25.3 Å². The van der Waals surface area contributed by atoms with Crippen molar-refractivity contribution in [2.75, 3.05) is 12.4 Å². The molecule has 4 rings (SSSR count). The van der Waals surface area contributed by atoms with E-state index in [1.54, 1.807) is 19.5 Å². The van der Waals surface area contributed by atoms with E-state index in [0.29, 0.717) is 5.95 Å². The second-order valence-electron chi connectivity index (χ2n) is 5.25. The molecule has 0 saturated carbocycles. The van der Waals surface area contributed by atoms with Gasteiger partial charge in [-0.3, -0.25) is 4.98 Å². The van der Waals surface area contributed by atoms with Crippen molar-refractivity contribution in [2.24, 2.45) is 0 Å². The number of ether oxygens (including phenoxy) is 1. The van der Waals surface area contributed by atoms with Crippen LogP contribution < -0.4 is 10.1 Å². The predicted molar refractivity (Wildman–Crippen MR) is 93.4 cm³/mol. The number of fused-ring (bicyclic) bond motifs is 1. The van der Waals surface area contributed by atoms with Crippen molar-refractivity contribution in [2.45, 2.75) is 0 Å². The second-order valence-corrected chi connectivity index (χ2v) is 5.25. The number of hydrogen-bond donors (Lipinski definition) is 2. The summed E-state index contributed by atoms with van der Waals surface area (Å²) >= 11 is 0. The molecular weight excluding hydrogens is 302 g/mol. The van der Waals surface area contributed by atoms with Gasteiger partial charge in [0.05, 0.1) is 12.8 Å². The maximum absolute atomic E-state index is 5.23. The summed E-state index contributed by atoms with van der Waals surface area (Å²) in [5.41, 5.74) is 3.72. The van der Waals surface area contributed by atoms with Crippen LogP contribution in [0.25, 0.3) is 22.2 Å². The van der Waals surface area contributed by atoms with Gasteiger partial charge in [0.25, 0.3) is 0 Å². The summed E-state index contributed by atoms with van der Waals surface area (Å²) in [4.78, 5) is 16.3. The van der Waals surface area contributed by atoms with Crippen molar-refractivity contribution in [3.63, 3.8) is 0 Å². The monoisotopic (exact) mass is 317 g/mol. The molecule has 1 aromatic carbocycles. The first kappa shape index (κ1) is 14.2. The molecule has 0 aliphatic rings. The van der Waals surface area contributed by atoms with Crippen molar-refractivity contribution >= 4 is 22.5 Å². The van der Waals surface area contributed by atoms with Crippen LogP contribution >= 0.6 is 0 Å². The average molecular weight is 317 g/mol. The number of aromatic amines is 1. The number of H-pyrrole nitrogens is 1. The van der Waals surface area contributed by atoms with Crippen molar-refractivity contribution in [3.05, 3.63) is 61.2 Å². The van der Waals surface area contributed by atoms with Crippen LogP contribution in [-0.4, -0.2) is 27.0 Å². The Labute approximate surface area is 138 Å². The molecular formula is C18H15N5O. The van der Waals surface area contributed by atoms with Gasteiger partial charge in [-0.1, -0.05) is 6.07 Å². The molecule has 0 amide bonds. The molecule has 0 radical (unpaired) electrons. The number of rotatable bonds is 4. The van der Waals surface area contributed by atoms with Gasteiger partial charge in [0.2, 0.25) is 5.95 Å². The first-order valence-corrected chi connectivity index (χ1v) is 7.49. The molecule has 118 valence electrons. The summed E-state index contributed by atoms with van der Waals surface area (Å²) in [6.07, 6.45) is 7.26. The number of methoxy groups -OCH3 is 1. The summed E-state index contributed by atoms with van der Waals surface area (Å²) in [6.45, 7) is 0. The first-order chi connectivity index (χ1) is 11.8. The van der Waals surface area contributed by atoms with Gasteiger partial charge in [-0.25, -0.2) is 9.97 Å². The molecule has 24 heavy (non-hydrogen) atoms. The zero-order valence-electron chi connectivity index (χ0n) is 13.0. The lowest BCUT2D eigenvalue weighted by Crippen LogP contribution is -1.98. The highest BCUT2D eigenvalue weighted by molar-refractivity contribution is 5.93. The summed E-state index contributed by atoms with van der Waals surface area (Å²) in [5.74, 6) is 1.30. The normalized spacial score (nSPS) is 10.7. The van der Waals surface area contributed by atoms with E-state index in [1.807, 2.05) is 48.8 Å². The van der Waals surface area contributed by atoms with Crippen molar-refractivity contribution in [3.8, 4) is 17.0 Å². The maximum Gasteiger partial charge on any atom is 0.227 e. The number of pyridine rings is 1. The SMILES string of the molecule is COc1cccc(Nc2nccc(-c3c[nH]c4ccncc34)n2)c1. The van der Waals surface area contributed by atoms with E-state index in [-0.39, 0.29) is 0 Å². The Morgan fingerprint density at radius 1 is 1.12 bits per heavy atom. The van der Waals surface area contributed by atoms with Crippen LogP contribution in [0.1, 0.15) is 0 Å². The Bertz CT molecular complexity index is 995. The van der Waals surface area contributed by atoms with Gasteiger partial charge in [0, 0.05) is 53.0 Å². The topological polar surface area (TPSA) is 75.7 Å². The Kier molecular flexibility index (Phi) is 3.55. The summed E-state index contributed by atoms with van der Waals surface area (Å²) in [5, 5.41) is 4.23. The minimum Gasteiger partial charge on any atom is -0.497 e. The van der Waals surface area contributed by atoms with Gasteiger partial charge in [-0.2, -0.15) is 0 Å². The number of nitrogens with one attached hydrogen (secondary N) is 2. The van der Waals surface area contributed by atoms with Gasteiger partial charge in [-0.05, 0) is 24.3 Å². The molecule has 0 aliphatic heterocycles. The molecule has 0 fully saturated rings. The highest BCUT2D eigenvalue weighted by atomic mass is 16.5. The molecule has 0 aliphatic carbocycles. The van der Waals surface area contributed by atoms with Gasteiger partial charge in [0.15, 0.2) is 0 Å². The molecule has 0 atom stereocenters. The Morgan fingerprint density at radius 2 is 2.08 bits per heavy atom. The van der Waals surface area contributed by atoms with Gasteiger partial charge in [-0.15, -0.1) is 0 Å². The quantitative estimate of drug-likeness (QED) is 0.599. The third kappa shape index (κ3) is 2.65. The van der Waals surface area contributed by atoms with E-state index >= 15 is 0 Å². The lowest BCUT2D eigenvalue weighted by molar-refractivity contribution is 0.415. The molecule has 2 N–H and O–H groups in total. The minimum atomic E-state index is 0.527. The third-order valence-electron chi connectivity index (χ3n) is 3.74. The summed E-state index contributed by atoms with van der Waals surface area (Å²) in [6, 6.07) is 11.5. The van der Waals surface area contributed by atoms with Crippen LogP contribution in [-0.2, 0) is 0 Å². The molecule has 0 unspecified atom stereocenters. The average Bonchev–Trinajstić information content (AvgIpc) is 3.06. The van der Waals surface area contributed by atoms with Gasteiger partial charge < -0.3 is 15.0 Å². The van der Waals surface area contributed by atoms with Crippen LogP contribution in [0.4, 0.5) is 11.6 Å². The molecule has 4 aromatic rings. The predicted octanol–water partition coefficient (Wildman–Crippen LogP) is 3.77. The molecule has 3 heterocycles.